The van der Waals surface area contributed by atoms with E-state index >= 15 is 0 Å². The Morgan fingerprint density at radius 2 is 2.38 bits per heavy atom. The molecular weight excluding hydrogens is 135 g/mol. The molecule has 0 aliphatic carbocycles. The number of thiocarbonyl (C=S) groups is 1. The first-order valence-corrected chi connectivity index (χ1v) is 3.09. The van der Waals surface area contributed by atoms with Crippen LogP contribution in [-0.2, 0) is 0 Å². The van der Waals surface area contributed by atoms with Crippen molar-refractivity contribution in [2.75, 3.05) is 0 Å². The first kappa shape index (κ1) is 7.96. The Balaban J connectivity index is 3.45. The monoisotopic (exact) mass is 142 g/mol. The highest BCUT2D eigenvalue weighted by Gasteiger charge is 1.76. The van der Waals surface area contributed by atoms with E-state index in [9.17, 15) is 0 Å². The fourth-order valence-corrected chi connectivity index (χ4v) is 0.327. The molecular formula is C4H7AlN2S. The van der Waals surface area contributed by atoms with Crippen molar-refractivity contribution in [3.63, 3.8) is 0 Å². The van der Waals surface area contributed by atoms with Crippen LogP contribution < -0.4 is 11.1 Å². The van der Waals surface area contributed by atoms with Crippen LogP contribution in [0.25, 0.3) is 0 Å². The predicted octanol–water partition coefficient (Wildman–Crippen LogP) is -0.151. The fourth-order valence-electron chi connectivity index (χ4n) is 0.185. The molecule has 0 saturated heterocycles. The average Bonchev–Trinajstić information content (AvgIpc) is 1.61. The molecule has 0 heterocycles. The van der Waals surface area contributed by atoms with E-state index in [0.717, 1.165) is 4.44 Å². The summed E-state index contributed by atoms with van der Waals surface area (Å²) in [6.07, 6.45) is 1.73. The SMILES string of the molecule is C/[C]([Al])=C\NC(N)=S. The van der Waals surface area contributed by atoms with E-state index in [1.165, 1.54) is 0 Å². The molecule has 4 heteroatoms. The zero-order valence-electron chi connectivity index (χ0n) is 4.64. The molecule has 0 amide bonds. The summed E-state index contributed by atoms with van der Waals surface area (Å²) in [6.45, 7) is 1.93. The van der Waals surface area contributed by atoms with Crippen molar-refractivity contribution in [1.82, 2.24) is 5.32 Å². The summed E-state index contributed by atoms with van der Waals surface area (Å²) in [5, 5.41) is 2.97. The highest BCUT2D eigenvalue weighted by Crippen LogP contribution is 1.76. The molecule has 0 aliphatic rings. The molecule has 0 unspecified atom stereocenters. The van der Waals surface area contributed by atoms with Crippen molar-refractivity contribution < 1.29 is 0 Å². The molecule has 0 aromatic rings. The zero-order valence-corrected chi connectivity index (χ0v) is 6.61. The molecule has 0 bridgehead atoms. The molecule has 3 N–H and O–H groups in total. The molecule has 0 rings (SSSR count). The first-order chi connectivity index (χ1) is 3.63. The van der Waals surface area contributed by atoms with Gasteiger partial charge in [-0.15, -0.1) is 4.44 Å². The lowest BCUT2D eigenvalue weighted by molar-refractivity contribution is 1.26. The summed E-state index contributed by atoms with van der Waals surface area (Å²) in [5.41, 5.74) is 5.11. The summed E-state index contributed by atoms with van der Waals surface area (Å²) in [6, 6.07) is 0. The van der Waals surface area contributed by atoms with Gasteiger partial charge < -0.3 is 11.1 Å². The van der Waals surface area contributed by atoms with Crippen LogP contribution in [0.3, 0.4) is 0 Å². The maximum atomic E-state index is 5.11. The molecule has 0 aliphatic heterocycles. The number of nitrogens with two attached hydrogens (primary N) is 1. The zero-order chi connectivity index (χ0) is 6.57. The van der Waals surface area contributed by atoms with Gasteiger partial charge in [0.25, 0.3) is 0 Å². The molecule has 0 spiro atoms. The van der Waals surface area contributed by atoms with Crippen molar-refractivity contribution in [3.05, 3.63) is 10.6 Å². The standard InChI is InChI=1S/C4H7N2S.Al/c1-2-3-6-4(5)7;/h3H,1H3,(H3,5,6,7);. The summed E-state index contributed by atoms with van der Waals surface area (Å²) in [7, 11) is 0. The number of nitrogens with one attached hydrogen (secondary N) is 1. The smallest absolute Gasteiger partial charge is 0.170 e. The minimum Gasteiger partial charge on any atom is -0.376 e. The van der Waals surface area contributed by atoms with Crippen LogP contribution in [0.4, 0.5) is 0 Å². The van der Waals surface area contributed by atoms with Gasteiger partial charge in [0.1, 0.15) is 0 Å². The molecule has 0 saturated carbocycles. The molecule has 0 aromatic carbocycles. The number of allylic oxidation sites excluding steroid dienone is 1. The average molecular weight is 142 g/mol. The second-order valence-electron chi connectivity index (χ2n) is 1.40. The van der Waals surface area contributed by atoms with E-state index in [0.29, 0.717) is 5.11 Å². The molecule has 8 heavy (non-hydrogen) atoms. The number of hydrogen-bond acceptors (Lipinski definition) is 1. The van der Waals surface area contributed by atoms with Gasteiger partial charge in [0, 0.05) is 0 Å². The van der Waals surface area contributed by atoms with Crippen molar-refractivity contribution in [1.29, 1.82) is 0 Å². The molecule has 2 nitrogen and oxygen atoms in total. The number of hydrogen-bond donors (Lipinski definition) is 2. The van der Waals surface area contributed by atoms with E-state index in [-0.39, 0.29) is 0 Å². The second kappa shape index (κ2) is 3.90. The second-order valence-corrected chi connectivity index (χ2v) is 2.75. The third-order valence-electron chi connectivity index (χ3n) is 0.442. The Bertz CT molecular complexity index is 117. The third-order valence-corrected chi connectivity index (χ3v) is 0.727. The van der Waals surface area contributed by atoms with Crippen LogP contribution in [0.15, 0.2) is 10.6 Å². The maximum Gasteiger partial charge on any atom is 0.170 e. The maximum absolute atomic E-state index is 5.11. The molecule has 0 atom stereocenters. The predicted molar refractivity (Wildman–Crippen MR) is 39.4 cm³/mol. The summed E-state index contributed by atoms with van der Waals surface area (Å²) in [4.78, 5) is 0. The van der Waals surface area contributed by atoms with Crippen LogP contribution in [0.5, 0.6) is 0 Å². The van der Waals surface area contributed by atoms with Gasteiger partial charge in [0.2, 0.25) is 0 Å². The van der Waals surface area contributed by atoms with E-state index in [1.807, 2.05) is 6.92 Å². The van der Waals surface area contributed by atoms with Crippen LogP contribution >= 0.6 is 12.2 Å². The highest BCUT2D eigenvalue weighted by molar-refractivity contribution is 7.80. The van der Waals surface area contributed by atoms with Crippen molar-refractivity contribution >= 4 is 33.6 Å². The van der Waals surface area contributed by atoms with E-state index in [4.69, 9.17) is 5.73 Å². The minimum absolute atomic E-state index is 0.298. The van der Waals surface area contributed by atoms with Gasteiger partial charge in [0.15, 0.2) is 21.4 Å². The minimum atomic E-state index is 0.298. The summed E-state index contributed by atoms with van der Waals surface area (Å²) in [5.74, 6) is 0. The lowest BCUT2D eigenvalue weighted by Crippen LogP contribution is -2.24. The van der Waals surface area contributed by atoms with Gasteiger partial charge in [-0.05, 0) is 18.4 Å². The Morgan fingerprint density at radius 1 is 1.88 bits per heavy atom. The van der Waals surface area contributed by atoms with Crippen LogP contribution in [0, 0.1) is 0 Å². The number of rotatable bonds is 1. The lowest BCUT2D eigenvalue weighted by Gasteiger charge is -1.94. The molecule has 42 valence electrons. The van der Waals surface area contributed by atoms with Crippen LogP contribution in [0.2, 0.25) is 0 Å². The lowest BCUT2D eigenvalue weighted by atomic mass is 10.7. The first-order valence-electron chi connectivity index (χ1n) is 2.11. The van der Waals surface area contributed by atoms with Gasteiger partial charge in [-0.3, -0.25) is 0 Å². The Morgan fingerprint density at radius 3 is 2.50 bits per heavy atom. The van der Waals surface area contributed by atoms with Gasteiger partial charge in [-0.25, -0.2) is 0 Å². The van der Waals surface area contributed by atoms with Crippen LogP contribution in [-0.4, -0.2) is 21.4 Å². The highest BCUT2D eigenvalue weighted by atomic mass is 32.1. The van der Waals surface area contributed by atoms with E-state index in [1.54, 1.807) is 6.20 Å². The van der Waals surface area contributed by atoms with Gasteiger partial charge in [0.05, 0.1) is 0 Å². The molecule has 0 aromatic heterocycles. The normalized spacial score (nSPS) is 10.9. The largest absolute Gasteiger partial charge is 0.376 e. The molecule has 0 fully saturated rings. The van der Waals surface area contributed by atoms with Gasteiger partial charge >= 0.3 is 0 Å². The summed E-state index contributed by atoms with van der Waals surface area (Å²) >= 11 is 7.03. The van der Waals surface area contributed by atoms with Gasteiger partial charge in [-0.1, -0.05) is 6.92 Å². The van der Waals surface area contributed by atoms with E-state index in [2.05, 4.69) is 33.8 Å². The van der Waals surface area contributed by atoms with Crippen LogP contribution in [0.1, 0.15) is 6.92 Å². The Hall–Kier alpha value is -0.0375. The van der Waals surface area contributed by atoms with E-state index < -0.39 is 0 Å². The Kier molecular flexibility index (Phi) is 3.89. The van der Waals surface area contributed by atoms with Crippen molar-refractivity contribution in [2.24, 2.45) is 5.73 Å². The fraction of sp³-hybridized carbons (Fsp3) is 0.250. The van der Waals surface area contributed by atoms with Crippen molar-refractivity contribution in [3.8, 4) is 0 Å². The Labute approximate surface area is 62.6 Å². The molecule has 2 radical (unpaired) electrons. The van der Waals surface area contributed by atoms with Crippen molar-refractivity contribution in [2.45, 2.75) is 6.92 Å². The summed E-state index contributed by atoms with van der Waals surface area (Å²) < 4.78 is 1.07. The topological polar surface area (TPSA) is 38.0 Å². The third kappa shape index (κ3) is 5.96. The quantitative estimate of drug-likeness (QED) is 0.395. The van der Waals surface area contributed by atoms with Gasteiger partial charge in [-0.2, -0.15) is 0 Å².